The van der Waals surface area contributed by atoms with E-state index in [9.17, 15) is 0 Å². The van der Waals surface area contributed by atoms with E-state index in [1.54, 1.807) is 12.5 Å². The molecule has 3 heteroatoms. The molecule has 0 atom stereocenters. The predicted octanol–water partition coefficient (Wildman–Crippen LogP) is 1.99. The fourth-order valence-electron chi connectivity index (χ4n) is 1.59. The van der Waals surface area contributed by atoms with Gasteiger partial charge in [0.05, 0.1) is 6.33 Å². The van der Waals surface area contributed by atoms with Crippen molar-refractivity contribution in [3.8, 4) is 18.0 Å². The lowest BCUT2D eigenvalue weighted by atomic mass is 10.2. The highest BCUT2D eigenvalue weighted by molar-refractivity contribution is 5.34. The monoisotopic (exact) mass is 225 g/mol. The Kier molecular flexibility index (Phi) is 3.95. The van der Waals surface area contributed by atoms with E-state index < -0.39 is 0 Å². The van der Waals surface area contributed by atoms with Gasteiger partial charge in [0, 0.05) is 37.6 Å². The van der Waals surface area contributed by atoms with Crippen molar-refractivity contribution in [2.45, 2.75) is 13.0 Å². The molecule has 2 aromatic rings. The maximum Gasteiger partial charge on any atom is 0.0991 e. The first-order valence-electron chi connectivity index (χ1n) is 5.61. The van der Waals surface area contributed by atoms with E-state index in [2.05, 4.69) is 40.5 Å². The molecule has 1 aromatic carbocycles. The topological polar surface area (TPSA) is 29.9 Å². The first-order valence-corrected chi connectivity index (χ1v) is 5.61. The van der Waals surface area contributed by atoms with Gasteiger partial charge in [0.25, 0.3) is 0 Å². The fourth-order valence-corrected chi connectivity index (χ4v) is 1.59. The summed E-state index contributed by atoms with van der Waals surface area (Å²) < 4.78 is 1.98. The van der Waals surface area contributed by atoms with E-state index in [1.165, 1.54) is 5.56 Å². The maximum absolute atomic E-state index is 5.18. The third-order valence-corrected chi connectivity index (χ3v) is 2.51. The van der Waals surface area contributed by atoms with Gasteiger partial charge in [-0.25, -0.2) is 4.98 Å². The zero-order chi connectivity index (χ0) is 11.9. The summed E-state index contributed by atoms with van der Waals surface area (Å²) in [6.07, 6.45) is 11.4. The average Bonchev–Trinajstić information content (AvgIpc) is 2.89. The van der Waals surface area contributed by atoms with Crippen LogP contribution in [0.2, 0.25) is 0 Å². The van der Waals surface area contributed by atoms with Crippen LogP contribution in [0.3, 0.4) is 0 Å². The summed E-state index contributed by atoms with van der Waals surface area (Å²) in [5.74, 6) is 2.61. The molecule has 1 heterocycles. The van der Waals surface area contributed by atoms with Crippen molar-refractivity contribution in [1.29, 1.82) is 0 Å². The summed E-state index contributed by atoms with van der Waals surface area (Å²) in [5.41, 5.74) is 2.38. The average molecular weight is 225 g/mol. The second-order valence-corrected chi connectivity index (χ2v) is 3.77. The van der Waals surface area contributed by atoms with Crippen LogP contribution >= 0.6 is 0 Å². The molecule has 3 nitrogen and oxygen atoms in total. The molecule has 86 valence electrons. The largest absolute Gasteiger partial charge is 0.312 e. The normalized spacial score (nSPS) is 10.1. The second-order valence-electron chi connectivity index (χ2n) is 3.77. The molecule has 1 aromatic heterocycles. The molecule has 1 N–H and O–H groups in total. The molecule has 17 heavy (non-hydrogen) atoms. The van der Waals surface area contributed by atoms with Gasteiger partial charge < -0.3 is 9.88 Å². The Morgan fingerprint density at radius 2 is 2.12 bits per heavy atom. The van der Waals surface area contributed by atoms with E-state index in [0.29, 0.717) is 0 Å². The van der Waals surface area contributed by atoms with E-state index in [0.717, 1.165) is 25.2 Å². The van der Waals surface area contributed by atoms with Gasteiger partial charge in [0.1, 0.15) is 0 Å². The fraction of sp³-hybridized carbons (Fsp3) is 0.214. The minimum atomic E-state index is 0.771. The Morgan fingerprint density at radius 3 is 2.76 bits per heavy atom. The van der Waals surface area contributed by atoms with E-state index in [-0.39, 0.29) is 0 Å². The lowest BCUT2D eigenvalue weighted by Crippen LogP contribution is -2.14. The zero-order valence-electron chi connectivity index (χ0n) is 9.63. The number of aromatic nitrogens is 2. The summed E-state index contributed by atoms with van der Waals surface area (Å²) in [5, 5.41) is 3.30. The van der Waals surface area contributed by atoms with Gasteiger partial charge in [-0.05, 0) is 17.7 Å². The molecule has 0 aliphatic rings. The highest BCUT2D eigenvalue weighted by Gasteiger charge is 1.96. The third kappa shape index (κ3) is 3.20. The van der Waals surface area contributed by atoms with E-state index in [1.807, 2.05) is 10.8 Å². The van der Waals surface area contributed by atoms with E-state index >= 15 is 0 Å². The molecule has 0 unspecified atom stereocenters. The Labute approximate surface area is 102 Å². The Bertz CT molecular complexity index is 477. The number of terminal acetylenes is 1. The van der Waals surface area contributed by atoms with Crippen molar-refractivity contribution in [3.63, 3.8) is 0 Å². The first kappa shape index (κ1) is 11.4. The number of hydrogen-bond donors (Lipinski definition) is 1. The van der Waals surface area contributed by atoms with Crippen molar-refractivity contribution >= 4 is 0 Å². The summed E-state index contributed by atoms with van der Waals surface area (Å²) in [6.45, 7) is 1.71. The number of hydrogen-bond acceptors (Lipinski definition) is 2. The van der Waals surface area contributed by atoms with Crippen molar-refractivity contribution in [2.24, 2.45) is 0 Å². The molecule has 2 rings (SSSR count). The van der Waals surface area contributed by atoms with Gasteiger partial charge in [-0.15, -0.1) is 12.3 Å². The molecule has 0 aliphatic carbocycles. The number of imidazole rings is 1. The maximum atomic E-state index is 5.18. The van der Waals surface area contributed by atoms with Gasteiger partial charge in [-0.3, -0.25) is 0 Å². The second kappa shape index (κ2) is 5.88. The van der Waals surface area contributed by atoms with Crippen LogP contribution in [0.15, 0.2) is 43.0 Å². The van der Waals surface area contributed by atoms with Crippen LogP contribution < -0.4 is 5.32 Å². The highest BCUT2D eigenvalue weighted by Crippen LogP contribution is 2.08. The van der Waals surface area contributed by atoms with Crippen molar-refractivity contribution in [2.75, 3.05) is 6.54 Å². The lowest BCUT2D eigenvalue weighted by Gasteiger charge is -2.05. The van der Waals surface area contributed by atoms with Crippen LogP contribution in [0.4, 0.5) is 0 Å². The number of rotatable bonds is 5. The van der Waals surface area contributed by atoms with Gasteiger partial charge in [0.15, 0.2) is 0 Å². The minimum Gasteiger partial charge on any atom is -0.312 e. The molecule has 0 saturated heterocycles. The smallest absolute Gasteiger partial charge is 0.0991 e. The lowest BCUT2D eigenvalue weighted by molar-refractivity contribution is 0.701. The summed E-state index contributed by atoms with van der Waals surface area (Å²) in [4.78, 5) is 4.02. The van der Waals surface area contributed by atoms with E-state index in [4.69, 9.17) is 6.42 Å². The summed E-state index contributed by atoms with van der Waals surface area (Å²) in [6, 6.07) is 8.39. The standard InChI is InChI=1S/C14H15N3/c1-2-3-8-15-11-13-4-6-14(7-5-13)17-10-9-16-12-17/h1,4-7,9-10,12,15H,3,8,11H2. The SMILES string of the molecule is C#CCCNCc1ccc(-n2ccnc2)cc1. The molecular formula is C14H15N3. The van der Waals surface area contributed by atoms with Crippen molar-refractivity contribution in [3.05, 3.63) is 48.5 Å². The molecule has 0 amide bonds. The van der Waals surface area contributed by atoms with Gasteiger partial charge in [-0.2, -0.15) is 0 Å². The third-order valence-electron chi connectivity index (χ3n) is 2.51. The molecule has 0 fully saturated rings. The molecule has 0 spiro atoms. The molecule has 0 saturated carbocycles. The Balaban J connectivity index is 1.92. The molecule has 0 bridgehead atoms. The van der Waals surface area contributed by atoms with Crippen LogP contribution in [0.25, 0.3) is 5.69 Å². The van der Waals surface area contributed by atoms with Crippen LogP contribution in [0, 0.1) is 12.3 Å². The van der Waals surface area contributed by atoms with Crippen LogP contribution in [0.5, 0.6) is 0 Å². The summed E-state index contributed by atoms with van der Waals surface area (Å²) >= 11 is 0. The number of nitrogens with zero attached hydrogens (tertiary/aromatic N) is 2. The Morgan fingerprint density at radius 1 is 1.29 bits per heavy atom. The van der Waals surface area contributed by atoms with Crippen LogP contribution in [-0.4, -0.2) is 16.1 Å². The predicted molar refractivity (Wildman–Crippen MR) is 68.7 cm³/mol. The van der Waals surface area contributed by atoms with Gasteiger partial charge in [0.2, 0.25) is 0 Å². The molecule has 0 radical (unpaired) electrons. The van der Waals surface area contributed by atoms with Gasteiger partial charge >= 0.3 is 0 Å². The Hall–Kier alpha value is -2.05. The van der Waals surface area contributed by atoms with Crippen molar-refractivity contribution < 1.29 is 0 Å². The zero-order valence-corrected chi connectivity index (χ0v) is 9.63. The highest BCUT2D eigenvalue weighted by atomic mass is 15.0. The van der Waals surface area contributed by atoms with Crippen molar-refractivity contribution in [1.82, 2.24) is 14.9 Å². The molecule has 0 aliphatic heterocycles. The first-order chi connectivity index (χ1) is 8.40. The molecular weight excluding hydrogens is 210 g/mol. The summed E-state index contributed by atoms with van der Waals surface area (Å²) in [7, 11) is 0. The van der Waals surface area contributed by atoms with Crippen LogP contribution in [0.1, 0.15) is 12.0 Å². The van der Waals surface area contributed by atoms with Crippen LogP contribution in [-0.2, 0) is 6.54 Å². The van der Waals surface area contributed by atoms with Gasteiger partial charge in [-0.1, -0.05) is 12.1 Å². The minimum absolute atomic E-state index is 0.771. The number of benzene rings is 1. The quantitative estimate of drug-likeness (QED) is 0.623. The number of nitrogens with one attached hydrogen (secondary N) is 1.